The molecule has 10 nitrogen and oxygen atoms in total. The number of halogens is 3. The smallest absolute Gasteiger partial charge is 0.449 e. The second-order valence-corrected chi connectivity index (χ2v) is 14.3. The Kier molecular flexibility index (Phi) is 10.0. The van der Waals surface area contributed by atoms with Gasteiger partial charge >= 0.3 is 6.18 Å². The van der Waals surface area contributed by atoms with E-state index in [1.54, 1.807) is 7.05 Å². The van der Waals surface area contributed by atoms with E-state index in [0.29, 0.717) is 44.1 Å². The van der Waals surface area contributed by atoms with E-state index >= 15 is 0 Å². The van der Waals surface area contributed by atoms with Crippen LogP contribution in [-0.2, 0) is 27.4 Å². The lowest BCUT2D eigenvalue weighted by Crippen LogP contribution is -2.52. The molecule has 14 heteroatoms. The Balaban J connectivity index is 1.12. The second kappa shape index (κ2) is 13.4. The standard InChI is InChI=1S/C30H42F3N5O5S/c1-20-24(8-7-23-5-4-6-25(42-23)26-9-10-27(43-26)30(31,32)33)34-19-35-28(20)29(39)38-17-13-22(14-18-38)37-15-11-21(12-16-37)36(2)44(3,40)41/h9-10,19,21-23,25H,4-8,11-18H2,1-3H3. The summed E-state index contributed by atoms with van der Waals surface area (Å²) in [6, 6.07) is 2.68. The highest BCUT2D eigenvalue weighted by Crippen LogP contribution is 2.37. The van der Waals surface area contributed by atoms with Crippen LogP contribution in [0.15, 0.2) is 22.9 Å². The SMILES string of the molecule is Cc1c(CCC2CCCC(c3ccc(C(F)(F)F)o3)O2)ncnc1C(=O)N1CCC(N2CCC(N(C)S(C)(=O)=O)CC2)CC1. The Morgan fingerprint density at radius 1 is 1.05 bits per heavy atom. The number of likely N-dealkylation sites (tertiary alicyclic amines) is 2. The van der Waals surface area contributed by atoms with E-state index in [1.807, 2.05) is 11.8 Å². The van der Waals surface area contributed by atoms with Crippen molar-refractivity contribution < 1.29 is 35.5 Å². The molecule has 0 saturated carbocycles. The fourth-order valence-corrected chi connectivity index (χ4v) is 7.47. The summed E-state index contributed by atoms with van der Waals surface area (Å²) in [5.74, 6) is -0.929. The average Bonchev–Trinajstić information content (AvgIpc) is 3.51. The summed E-state index contributed by atoms with van der Waals surface area (Å²) in [6.07, 6.45) is 4.18. The molecule has 44 heavy (non-hydrogen) atoms. The number of carbonyl (C=O) groups is 1. The normalized spacial score (nSPS) is 23.4. The third-order valence-electron chi connectivity index (χ3n) is 9.47. The number of ether oxygens (including phenoxy) is 1. The molecule has 2 atom stereocenters. The highest BCUT2D eigenvalue weighted by Gasteiger charge is 2.37. The Morgan fingerprint density at radius 2 is 1.75 bits per heavy atom. The fraction of sp³-hybridized carbons (Fsp3) is 0.700. The van der Waals surface area contributed by atoms with Gasteiger partial charge in [-0.3, -0.25) is 4.79 Å². The molecule has 0 radical (unpaired) electrons. The number of carbonyl (C=O) groups excluding carboxylic acids is 1. The van der Waals surface area contributed by atoms with E-state index in [1.165, 1.54) is 23.0 Å². The van der Waals surface area contributed by atoms with Gasteiger partial charge in [-0.2, -0.15) is 13.2 Å². The molecule has 3 saturated heterocycles. The third kappa shape index (κ3) is 7.63. The van der Waals surface area contributed by atoms with Gasteiger partial charge < -0.3 is 19.0 Å². The van der Waals surface area contributed by atoms with Crippen molar-refractivity contribution >= 4 is 15.9 Å². The summed E-state index contributed by atoms with van der Waals surface area (Å²) < 4.78 is 75.3. The molecule has 244 valence electrons. The number of amides is 1. The Bertz CT molecular complexity index is 1400. The molecule has 3 aliphatic heterocycles. The largest absolute Gasteiger partial charge is 0.454 e. The van der Waals surface area contributed by atoms with Crippen molar-refractivity contribution in [3.8, 4) is 0 Å². The van der Waals surface area contributed by atoms with E-state index in [0.717, 1.165) is 68.9 Å². The summed E-state index contributed by atoms with van der Waals surface area (Å²) in [5, 5.41) is 0. The van der Waals surface area contributed by atoms with Crippen LogP contribution in [0.2, 0.25) is 0 Å². The topological polar surface area (TPSA) is 109 Å². The zero-order valence-corrected chi connectivity index (χ0v) is 26.4. The highest BCUT2D eigenvalue weighted by atomic mass is 32.2. The molecule has 0 bridgehead atoms. The van der Waals surface area contributed by atoms with Crippen molar-refractivity contribution in [3.05, 3.63) is 46.9 Å². The molecule has 2 unspecified atom stereocenters. The Morgan fingerprint density at radius 3 is 2.39 bits per heavy atom. The molecule has 1 amide bonds. The van der Waals surface area contributed by atoms with E-state index in [4.69, 9.17) is 9.15 Å². The molecule has 2 aromatic heterocycles. The van der Waals surface area contributed by atoms with Crippen LogP contribution in [0.3, 0.4) is 0 Å². The fourth-order valence-electron chi connectivity index (χ4n) is 6.72. The summed E-state index contributed by atoms with van der Waals surface area (Å²) in [6.45, 7) is 4.81. The molecule has 0 N–H and O–H groups in total. The maximum atomic E-state index is 13.5. The van der Waals surface area contributed by atoms with Crippen molar-refractivity contribution in [1.29, 1.82) is 0 Å². The van der Waals surface area contributed by atoms with Crippen LogP contribution in [0.25, 0.3) is 0 Å². The van der Waals surface area contributed by atoms with Crippen molar-refractivity contribution in [1.82, 2.24) is 24.1 Å². The first-order chi connectivity index (χ1) is 20.8. The minimum atomic E-state index is -4.53. The predicted molar refractivity (Wildman–Crippen MR) is 156 cm³/mol. The number of alkyl halides is 3. The second-order valence-electron chi connectivity index (χ2n) is 12.3. The van der Waals surface area contributed by atoms with Gasteiger partial charge in [-0.05, 0) is 89.9 Å². The van der Waals surface area contributed by atoms with Gasteiger partial charge in [-0.25, -0.2) is 22.7 Å². The Labute approximate surface area is 257 Å². The van der Waals surface area contributed by atoms with Crippen molar-refractivity contribution in [2.45, 2.75) is 95.2 Å². The molecule has 3 aliphatic rings. The number of rotatable bonds is 8. The van der Waals surface area contributed by atoms with Gasteiger partial charge in [0.15, 0.2) is 0 Å². The lowest BCUT2D eigenvalue weighted by atomic mass is 9.97. The van der Waals surface area contributed by atoms with E-state index < -0.39 is 28.1 Å². The van der Waals surface area contributed by atoms with Crippen molar-refractivity contribution in [2.24, 2.45) is 0 Å². The van der Waals surface area contributed by atoms with Crippen LogP contribution in [-0.4, -0.2) is 96.1 Å². The van der Waals surface area contributed by atoms with Gasteiger partial charge in [0.1, 0.15) is 23.9 Å². The van der Waals surface area contributed by atoms with E-state index in [-0.39, 0.29) is 23.8 Å². The first-order valence-electron chi connectivity index (χ1n) is 15.4. The van der Waals surface area contributed by atoms with E-state index in [9.17, 15) is 26.4 Å². The molecule has 5 rings (SSSR count). The number of aromatic nitrogens is 2. The van der Waals surface area contributed by atoms with Crippen LogP contribution >= 0.6 is 0 Å². The predicted octanol–water partition coefficient (Wildman–Crippen LogP) is 4.60. The molecule has 0 aliphatic carbocycles. The van der Waals surface area contributed by atoms with Gasteiger partial charge in [-0.1, -0.05) is 0 Å². The molecule has 2 aromatic rings. The minimum Gasteiger partial charge on any atom is -0.454 e. The van der Waals surface area contributed by atoms with Crippen molar-refractivity contribution in [3.63, 3.8) is 0 Å². The van der Waals surface area contributed by atoms with E-state index in [2.05, 4.69) is 14.9 Å². The lowest BCUT2D eigenvalue weighted by molar-refractivity contribution is -0.155. The van der Waals surface area contributed by atoms with Crippen LogP contribution in [0.4, 0.5) is 13.2 Å². The van der Waals surface area contributed by atoms with Crippen LogP contribution < -0.4 is 0 Å². The number of sulfonamides is 1. The van der Waals surface area contributed by atoms with Gasteiger partial charge in [-0.15, -0.1) is 0 Å². The lowest BCUT2D eigenvalue weighted by Gasteiger charge is -2.43. The average molecular weight is 642 g/mol. The zero-order valence-electron chi connectivity index (χ0n) is 25.6. The molecular weight excluding hydrogens is 599 g/mol. The highest BCUT2D eigenvalue weighted by molar-refractivity contribution is 7.88. The number of furan rings is 1. The first-order valence-corrected chi connectivity index (χ1v) is 17.2. The van der Waals surface area contributed by atoms with Gasteiger partial charge in [0, 0.05) is 43.5 Å². The molecule has 0 spiro atoms. The quantitative estimate of drug-likeness (QED) is 0.412. The van der Waals surface area contributed by atoms with Gasteiger partial charge in [0.25, 0.3) is 5.91 Å². The maximum absolute atomic E-state index is 13.5. The summed E-state index contributed by atoms with van der Waals surface area (Å²) in [5.41, 5.74) is 1.91. The Hall–Kier alpha value is -2.55. The van der Waals surface area contributed by atoms with Crippen LogP contribution in [0, 0.1) is 6.92 Å². The maximum Gasteiger partial charge on any atom is 0.449 e. The number of hydrogen-bond acceptors (Lipinski definition) is 8. The first kappa shape index (κ1) is 32.8. The summed E-state index contributed by atoms with van der Waals surface area (Å²) in [7, 11) is -1.55. The van der Waals surface area contributed by atoms with Crippen LogP contribution in [0.5, 0.6) is 0 Å². The van der Waals surface area contributed by atoms with Crippen LogP contribution in [0.1, 0.15) is 90.7 Å². The molecule has 3 fully saturated rings. The third-order valence-corrected chi connectivity index (χ3v) is 10.8. The molecular formula is C30H42F3N5O5S. The van der Waals surface area contributed by atoms with Gasteiger partial charge in [0.2, 0.25) is 15.8 Å². The van der Waals surface area contributed by atoms with Gasteiger partial charge in [0.05, 0.1) is 12.4 Å². The molecule has 0 aromatic carbocycles. The summed E-state index contributed by atoms with van der Waals surface area (Å²) in [4.78, 5) is 26.5. The molecule has 5 heterocycles. The summed E-state index contributed by atoms with van der Waals surface area (Å²) >= 11 is 0. The number of piperidine rings is 2. The number of nitrogens with zero attached hydrogens (tertiary/aromatic N) is 5. The van der Waals surface area contributed by atoms with Crippen molar-refractivity contribution in [2.75, 3.05) is 39.5 Å². The minimum absolute atomic E-state index is 0.0337. The monoisotopic (exact) mass is 641 g/mol. The number of hydrogen-bond donors (Lipinski definition) is 0. The zero-order chi connectivity index (χ0) is 31.6. The number of aryl methyl sites for hydroxylation is 1.